The molecule has 5 heteroatoms. The topological polar surface area (TPSA) is 79.2 Å². The zero-order chi connectivity index (χ0) is 12.1. The SMILES string of the molecule is CCCCCO[C@@H]1OC(C)[C@H](O)[C@@H](O)C1O. The molecule has 96 valence electrons. The Morgan fingerprint density at radius 2 is 1.75 bits per heavy atom. The average molecular weight is 234 g/mol. The summed E-state index contributed by atoms with van der Waals surface area (Å²) in [5, 5.41) is 28.6. The van der Waals surface area contributed by atoms with Crippen LogP contribution in [0.1, 0.15) is 33.1 Å². The first kappa shape index (κ1) is 13.9. The van der Waals surface area contributed by atoms with Crippen LogP contribution in [-0.4, -0.2) is 52.6 Å². The van der Waals surface area contributed by atoms with Crippen LogP contribution in [0.2, 0.25) is 0 Å². The number of ether oxygens (including phenoxy) is 2. The van der Waals surface area contributed by atoms with Gasteiger partial charge >= 0.3 is 0 Å². The zero-order valence-corrected chi connectivity index (χ0v) is 9.87. The Balaban J connectivity index is 2.35. The maximum atomic E-state index is 9.62. The van der Waals surface area contributed by atoms with Crippen molar-refractivity contribution in [3.8, 4) is 0 Å². The van der Waals surface area contributed by atoms with E-state index in [1.54, 1.807) is 6.92 Å². The predicted molar refractivity (Wildman–Crippen MR) is 57.8 cm³/mol. The van der Waals surface area contributed by atoms with Crippen LogP contribution in [0.4, 0.5) is 0 Å². The van der Waals surface area contributed by atoms with Crippen molar-refractivity contribution in [1.29, 1.82) is 0 Å². The van der Waals surface area contributed by atoms with E-state index < -0.39 is 30.7 Å². The number of rotatable bonds is 5. The van der Waals surface area contributed by atoms with Gasteiger partial charge in [0.05, 0.1) is 6.10 Å². The minimum atomic E-state index is -1.21. The van der Waals surface area contributed by atoms with Crippen LogP contribution in [0.5, 0.6) is 0 Å². The van der Waals surface area contributed by atoms with E-state index in [9.17, 15) is 15.3 Å². The summed E-state index contributed by atoms with van der Waals surface area (Å²) < 4.78 is 10.6. The van der Waals surface area contributed by atoms with Gasteiger partial charge in [-0.15, -0.1) is 0 Å². The maximum Gasteiger partial charge on any atom is 0.186 e. The van der Waals surface area contributed by atoms with Crippen molar-refractivity contribution in [3.05, 3.63) is 0 Å². The van der Waals surface area contributed by atoms with Gasteiger partial charge in [0.25, 0.3) is 0 Å². The summed E-state index contributed by atoms with van der Waals surface area (Å²) in [6.07, 6.45) is -1.78. The fourth-order valence-corrected chi connectivity index (χ4v) is 1.70. The van der Waals surface area contributed by atoms with Gasteiger partial charge in [-0.3, -0.25) is 0 Å². The average Bonchev–Trinajstić information content (AvgIpc) is 2.28. The molecule has 0 amide bonds. The molecule has 1 fully saturated rings. The van der Waals surface area contributed by atoms with Gasteiger partial charge in [-0.2, -0.15) is 0 Å². The van der Waals surface area contributed by atoms with Crippen molar-refractivity contribution in [2.24, 2.45) is 0 Å². The number of aliphatic hydroxyl groups is 3. The van der Waals surface area contributed by atoms with Gasteiger partial charge in [0, 0.05) is 6.61 Å². The predicted octanol–water partition coefficient (Wildman–Crippen LogP) is 0.0207. The first-order valence-corrected chi connectivity index (χ1v) is 5.89. The molecule has 0 aromatic heterocycles. The van der Waals surface area contributed by atoms with Gasteiger partial charge in [-0.25, -0.2) is 0 Å². The molecule has 0 radical (unpaired) electrons. The van der Waals surface area contributed by atoms with Crippen molar-refractivity contribution in [1.82, 2.24) is 0 Å². The van der Waals surface area contributed by atoms with E-state index in [4.69, 9.17) is 9.47 Å². The van der Waals surface area contributed by atoms with Crippen LogP contribution >= 0.6 is 0 Å². The first-order chi connectivity index (χ1) is 7.57. The van der Waals surface area contributed by atoms with Crippen LogP contribution < -0.4 is 0 Å². The Morgan fingerprint density at radius 1 is 1.06 bits per heavy atom. The van der Waals surface area contributed by atoms with Gasteiger partial charge in [0.1, 0.15) is 18.3 Å². The van der Waals surface area contributed by atoms with Crippen LogP contribution in [-0.2, 0) is 9.47 Å². The highest BCUT2D eigenvalue weighted by Crippen LogP contribution is 2.21. The van der Waals surface area contributed by atoms with Gasteiger partial charge in [-0.05, 0) is 13.3 Å². The second-order valence-electron chi connectivity index (χ2n) is 4.26. The Kier molecular flexibility index (Phi) is 5.64. The van der Waals surface area contributed by atoms with Crippen molar-refractivity contribution in [3.63, 3.8) is 0 Å². The largest absolute Gasteiger partial charge is 0.388 e. The number of hydrogen-bond donors (Lipinski definition) is 3. The molecule has 1 aliphatic rings. The number of unbranched alkanes of at least 4 members (excludes halogenated alkanes) is 2. The monoisotopic (exact) mass is 234 g/mol. The summed E-state index contributed by atoms with van der Waals surface area (Å²) >= 11 is 0. The minimum Gasteiger partial charge on any atom is -0.388 e. The summed E-state index contributed by atoms with van der Waals surface area (Å²) in [6, 6.07) is 0. The third kappa shape index (κ3) is 3.40. The lowest BCUT2D eigenvalue weighted by Crippen LogP contribution is -2.57. The second kappa shape index (κ2) is 6.51. The Morgan fingerprint density at radius 3 is 2.38 bits per heavy atom. The van der Waals surface area contributed by atoms with Gasteiger partial charge in [0.2, 0.25) is 0 Å². The van der Waals surface area contributed by atoms with E-state index in [1.807, 2.05) is 0 Å². The van der Waals surface area contributed by atoms with Crippen molar-refractivity contribution >= 4 is 0 Å². The molecule has 3 N–H and O–H groups in total. The van der Waals surface area contributed by atoms with Crippen molar-refractivity contribution in [2.75, 3.05) is 6.61 Å². The quantitative estimate of drug-likeness (QED) is 0.584. The first-order valence-electron chi connectivity index (χ1n) is 5.89. The maximum absolute atomic E-state index is 9.62. The lowest BCUT2D eigenvalue weighted by molar-refractivity contribution is -0.293. The molecule has 2 unspecified atom stereocenters. The number of hydrogen-bond acceptors (Lipinski definition) is 5. The molecule has 1 saturated heterocycles. The molecule has 5 nitrogen and oxygen atoms in total. The van der Waals surface area contributed by atoms with E-state index in [0.717, 1.165) is 19.3 Å². The van der Waals surface area contributed by atoms with E-state index in [-0.39, 0.29) is 0 Å². The molecule has 16 heavy (non-hydrogen) atoms. The summed E-state index contributed by atoms with van der Waals surface area (Å²) in [6.45, 7) is 4.22. The molecule has 1 rings (SSSR count). The standard InChI is InChI=1S/C11H22O5/c1-3-4-5-6-15-11-10(14)9(13)8(12)7(2)16-11/h7-14H,3-6H2,1-2H3/t7?,8-,9+,10?,11+/m0/s1. The van der Waals surface area contributed by atoms with Crippen LogP contribution in [0.3, 0.4) is 0 Å². The van der Waals surface area contributed by atoms with E-state index in [1.165, 1.54) is 0 Å². The van der Waals surface area contributed by atoms with E-state index in [0.29, 0.717) is 6.61 Å². The lowest BCUT2D eigenvalue weighted by Gasteiger charge is -2.38. The van der Waals surface area contributed by atoms with Gasteiger partial charge in [-0.1, -0.05) is 19.8 Å². The third-order valence-corrected chi connectivity index (χ3v) is 2.84. The highest BCUT2D eigenvalue weighted by atomic mass is 16.7. The van der Waals surface area contributed by atoms with Crippen molar-refractivity contribution < 1.29 is 24.8 Å². The van der Waals surface area contributed by atoms with Crippen LogP contribution in [0.15, 0.2) is 0 Å². The zero-order valence-electron chi connectivity index (χ0n) is 9.87. The molecular formula is C11H22O5. The molecule has 1 heterocycles. The Hall–Kier alpha value is -0.200. The Labute approximate surface area is 96.0 Å². The number of aliphatic hydroxyl groups excluding tert-OH is 3. The normalized spacial score (nSPS) is 39.9. The summed E-state index contributed by atoms with van der Waals surface area (Å²) in [5.74, 6) is 0. The molecule has 0 bridgehead atoms. The van der Waals surface area contributed by atoms with E-state index >= 15 is 0 Å². The highest BCUT2D eigenvalue weighted by Gasteiger charge is 2.42. The molecular weight excluding hydrogens is 212 g/mol. The molecule has 1 aliphatic heterocycles. The molecule has 0 aliphatic carbocycles. The van der Waals surface area contributed by atoms with Gasteiger partial charge in [0.15, 0.2) is 6.29 Å². The fourth-order valence-electron chi connectivity index (χ4n) is 1.70. The smallest absolute Gasteiger partial charge is 0.186 e. The fraction of sp³-hybridized carbons (Fsp3) is 1.00. The van der Waals surface area contributed by atoms with Crippen molar-refractivity contribution in [2.45, 2.75) is 63.8 Å². The summed E-state index contributed by atoms with van der Waals surface area (Å²) in [5.41, 5.74) is 0. The second-order valence-corrected chi connectivity index (χ2v) is 4.26. The van der Waals surface area contributed by atoms with Crippen LogP contribution in [0, 0.1) is 0 Å². The molecule has 5 atom stereocenters. The van der Waals surface area contributed by atoms with Gasteiger partial charge < -0.3 is 24.8 Å². The van der Waals surface area contributed by atoms with E-state index in [2.05, 4.69) is 6.92 Å². The minimum absolute atomic E-state index is 0.491. The Bertz CT molecular complexity index is 199. The molecule has 0 aromatic rings. The molecule has 0 spiro atoms. The summed E-state index contributed by atoms with van der Waals surface area (Å²) in [7, 11) is 0. The lowest BCUT2D eigenvalue weighted by atomic mass is 10.0. The third-order valence-electron chi connectivity index (χ3n) is 2.84. The molecule has 0 aromatic carbocycles. The molecule has 0 saturated carbocycles. The van der Waals surface area contributed by atoms with Crippen LogP contribution in [0.25, 0.3) is 0 Å². The summed E-state index contributed by atoms with van der Waals surface area (Å²) in [4.78, 5) is 0. The highest BCUT2D eigenvalue weighted by molar-refractivity contribution is 4.87.